The molecular formula is C13H18N2O4. The SMILES string of the molecule is CC(C)C(NC(=O)c1noc2c1CCCC2)C(=O)O. The largest absolute Gasteiger partial charge is 0.480 e. The number of amides is 1. The average Bonchev–Trinajstić information content (AvgIpc) is 2.78. The van der Waals surface area contributed by atoms with Gasteiger partial charge in [0.25, 0.3) is 5.91 Å². The number of carbonyl (C=O) groups excluding carboxylic acids is 1. The van der Waals surface area contributed by atoms with Crippen molar-refractivity contribution in [2.24, 2.45) is 5.92 Å². The molecule has 2 N–H and O–H groups in total. The van der Waals surface area contributed by atoms with Gasteiger partial charge in [-0.3, -0.25) is 4.79 Å². The van der Waals surface area contributed by atoms with Crippen LogP contribution in [0.1, 0.15) is 48.5 Å². The maximum absolute atomic E-state index is 12.1. The molecule has 0 bridgehead atoms. The van der Waals surface area contributed by atoms with Crippen LogP contribution in [0.2, 0.25) is 0 Å². The Morgan fingerprint density at radius 1 is 1.32 bits per heavy atom. The van der Waals surface area contributed by atoms with Gasteiger partial charge in [-0.15, -0.1) is 0 Å². The summed E-state index contributed by atoms with van der Waals surface area (Å²) < 4.78 is 5.15. The van der Waals surface area contributed by atoms with Crippen LogP contribution >= 0.6 is 0 Å². The molecule has 1 aromatic rings. The number of rotatable bonds is 4. The zero-order valence-corrected chi connectivity index (χ0v) is 11.1. The highest BCUT2D eigenvalue weighted by Crippen LogP contribution is 2.24. The van der Waals surface area contributed by atoms with Crippen LogP contribution in [-0.2, 0) is 17.6 Å². The van der Waals surface area contributed by atoms with Gasteiger partial charge in [0.05, 0.1) is 0 Å². The second-order valence-corrected chi connectivity index (χ2v) is 5.17. The summed E-state index contributed by atoms with van der Waals surface area (Å²) in [6, 6.07) is -0.913. The summed E-state index contributed by atoms with van der Waals surface area (Å²) in [5, 5.41) is 15.4. The highest BCUT2D eigenvalue weighted by Gasteiger charge is 2.28. The summed E-state index contributed by atoms with van der Waals surface area (Å²) in [6.07, 6.45) is 3.59. The average molecular weight is 266 g/mol. The van der Waals surface area contributed by atoms with Crippen molar-refractivity contribution in [2.75, 3.05) is 0 Å². The van der Waals surface area contributed by atoms with Gasteiger partial charge in [0.15, 0.2) is 5.69 Å². The maximum atomic E-state index is 12.1. The molecule has 1 aliphatic rings. The summed E-state index contributed by atoms with van der Waals surface area (Å²) in [7, 11) is 0. The van der Waals surface area contributed by atoms with E-state index in [2.05, 4.69) is 10.5 Å². The van der Waals surface area contributed by atoms with Crippen molar-refractivity contribution in [1.29, 1.82) is 0 Å². The summed E-state index contributed by atoms with van der Waals surface area (Å²) in [4.78, 5) is 23.2. The van der Waals surface area contributed by atoms with E-state index in [1.54, 1.807) is 13.8 Å². The van der Waals surface area contributed by atoms with E-state index in [0.717, 1.165) is 37.0 Å². The Hall–Kier alpha value is -1.85. The van der Waals surface area contributed by atoms with Crippen LogP contribution in [0.3, 0.4) is 0 Å². The normalized spacial score (nSPS) is 15.9. The van der Waals surface area contributed by atoms with Gasteiger partial charge in [-0.25, -0.2) is 4.79 Å². The van der Waals surface area contributed by atoms with Crippen LogP contribution in [0, 0.1) is 5.92 Å². The molecule has 0 aromatic carbocycles. The lowest BCUT2D eigenvalue weighted by atomic mass is 9.96. The first-order chi connectivity index (χ1) is 9.00. The van der Waals surface area contributed by atoms with Crippen LogP contribution in [0.4, 0.5) is 0 Å². The molecular weight excluding hydrogens is 248 g/mol. The molecule has 1 aliphatic carbocycles. The molecule has 0 aliphatic heterocycles. The summed E-state index contributed by atoms with van der Waals surface area (Å²) in [5.41, 5.74) is 1.07. The second kappa shape index (κ2) is 5.42. The monoisotopic (exact) mass is 266 g/mol. The van der Waals surface area contributed by atoms with Gasteiger partial charge in [-0.05, 0) is 25.2 Å². The van der Waals surface area contributed by atoms with E-state index in [4.69, 9.17) is 9.63 Å². The number of carboxylic acid groups (broad SMARTS) is 1. The lowest BCUT2D eigenvalue weighted by Crippen LogP contribution is -2.44. The number of hydrogen-bond acceptors (Lipinski definition) is 4. The topological polar surface area (TPSA) is 92.4 Å². The number of aromatic nitrogens is 1. The number of carbonyl (C=O) groups is 2. The predicted molar refractivity (Wildman–Crippen MR) is 66.9 cm³/mol. The third-order valence-electron chi connectivity index (χ3n) is 3.38. The highest BCUT2D eigenvalue weighted by molar-refractivity contribution is 5.96. The van der Waals surface area contributed by atoms with Crippen LogP contribution < -0.4 is 5.32 Å². The third-order valence-corrected chi connectivity index (χ3v) is 3.38. The van der Waals surface area contributed by atoms with Crippen LogP contribution in [-0.4, -0.2) is 28.2 Å². The van der Waals surface area contributed by atoms with Crippen molar-refractivity contribution in [3.8, 4) is 0 Å². The Balaban J connectivity index is 2.16. The predicted octanol–water partition coefficient (Wildman–Crippen LogP) is 1.39. The first-order valence-electron chi connectivity index (χ1n) is 6.51. The van der Waals surface area contributed by atoms with Gasteiger partial charge < -0.3 is 14.9 Å². The minimum Gasteiger partial charge on any atom is -0.480 e. The molecule has 2 rings (SSSR count). The number of aliphatic carboxylic acids is 1. The van der Waals surface area contributed by atoms with Crippen LogP contribution in [0.5, 0.6) is 0 Å². The number of carboxylic acids is 1. The number of nitrogens with one attached hydrogen (secondary N) is 1. The smallest absolute Gasteiger partial charge is 0.326 e. The van der Waals surface area contributed by atoms with E-state index in [1.165, 1.54) is 0 Å². The lowest BCUT2D eigenvalue weighted by molar-refractivity contribution is -0.140. The van der Waals surface area contributed by atoms with E-state index in [1.807, 2.05) is 0 Å². The van der Waals surface area contributed by atoms with E-state index in [9.17, 15) is 9.59 Å². The van der Waals surface area contributed by atoms with Gasteiger partial charge in [0.1, 0.15) is 11.8 Å². The first kappa shape index (κ1) is 13.6. The van der Waals surface area contributed by atoms with Gasteiger partial charge in [-0.1, -0.05) is 19.0 Å². The molecule has 6 nitrogen and oxygen atoms in total. The Kier molecular flexibility index (Phi) is 3.87. The molecule has 0 saturated carbocycles. The Labute approximate surface area is 111 Å². The Bertz CT molecular complexity index is 493. The first-order valence-corrected chi connectivity index (χ1v) is 6.51. The number of nitrogens with zero attached hydrogens (tertiary/aromatic N) is 1. The standard InChI is InChI=1S/C13H18N2O4/c1-7(2)10(13(17)18)14-12(16)11-8-5-3-4-6-9(8)19-15-11/h7,10H,3-6H2,1-2H3,(H,14,16)(H,17,18). The highest BCUT2D eigenvalue weighted by atomic mass is 16.5. The summed E-state index contributed by atoms with van der Waals surface area (Å²) in [5.74, 6) is -0.939. The molecule has 1 atom stereocenters. The van der Waals surface area contributed by atoms with Gasteiger partial charge in [0.2, 0.25) is 0 Å². The molecule has 1 unspecified atom stereocenters. The molecule has 0 saturated heterocycles. The fraction of sp³-hybridized carbons (Fsp3) is 0.615. The van der Waals surface area contributed by atoms with Crippen LogP contribution in [0.15, 0.2) is 4.52 Å². The Morgan fingerprint density at radius 3 is 2.63 bits per heavy atom. The van der Waals surface area contributed by atoms with E-state index >= 15 is 0 Å². The summed E-state index contributed by atoms with van der Waals surface area (Å²) in [6.45, 7) is 3.49. The van der Waals surface area contributed by atoms with Crippen LogP contribution in [0.25, 0.3) is 0 Å². The number of hydrogen-bond donors (Lipinski definition) is 2. The quantitative estimate of drug-likeness (QED) is 0.859. The van der Waals surface area contributed by atoms with Crippen molar-refractivity contribution in [1.82, 2.24) is 10.5 Å². The molecule has 1 aromatic heterocycles. The number of fused-ring (bicyclic) bond motifs is 1. The molecule has 1 heterocycles. The van der Waals surface area contributed by atoms with Crippen molar-refractivity contribution in [3.63, 3.8) is 0 Å². The zero-order valence-electron chi connectivity index (χ0n) is 11.1. The summed E-state index contributed by atoms with van der Waals surface area (Å²) >= 11 is 0. The minimum atomic E-state index is -1.04. The third kappa shape index (κ3) is 2.77. The van der Waals surface area contributed by atoms with Crippen molar-refractivity contribution in [2.45, 2.75) is 45.6 Å². The second-order valence-electron chi connectivity index (χ2n) is 5.17. The number of aryl methyl sites for hydroxylation is 1. The molecule has 19 heavy (non-hydrogen) atoms. The fourth-order valence-corrected chi connectivity index (χ4v) is 2.29. The Morgan fingerprint density at radius 2 is 2.00 bits per heavy atom. The molecule has 1 amide bonds. The van der Waals surface area contributed by atoms with E-state index < -0.39 is 17.9 Å². The minimum absolute atomic E-state index is 0.191. The van der Waals surface area contributed by atoms with E-state index in [-0.39, 0.29) is 11.6 Å². The molecule has 0 spiro atoms. The zero-order chi connectivity index (χ0) is 14.0. The molecule has 0 radical (unpaired) electrons. The van der Waals surface area contributed by atoms with Gasteiger partial charge in [-0.2, -0.15) is 0 Å². The molecule has 0 fully saturated rings. The molecule has 6 heteroatoms. The maximum Gasteiger partial charge on any atom is 0.326 e. The van der Waals surface area contributed by atoms with Gasteiger partial charge in [0, 0.05) is 12.0 Å². The van der Waals surface area contributed by atoms with E-state index in [0.29, 0.717) is 0 Å². The fourth-order valence-electron chi connectivity index (χ4n) is 2.29. The lowest BCUT2D eigenvalue weighted by Gasteiger charge is -2.17. The van der Waals surface area contributed by atoms with Gasteiger partial charge >= 0.3 is 5.97 Å². The van der Waals surface area contributed by atoms with Crippen molar-refractivity contribution >= 4 is 11.9 Å². The van der Waals surface area contributed by atoms with Crippen molar-refractivity contribution in [3.05, 3.63) is 17.0 Å². The molecule has 104 valence electrons. The van der Waals surface area contributed by atoms with Crippen molar-refractivity contribution < 1.29 is 19.2 Å².